The van der Waals surface area contributed by atoms with Gasteiger partial charge in [-0.2, -0.15) is 0 Å². The second-order valence-corrected chi connectivity index (χ2v) is 6.75. The fourth-order valence-corrected chi connectivity index (χ4v) is 2.30. The van der Waals surface area contributed by atoms with E-state index in [4.69, 9.17) is 5.73 Å². The third-order valence-corrected chi connectivity index (χ3v) is 3.91. The summed E-state index contributed by atoms with van der Waals surface area (Å²) in [6.07, 6.45) is 5.02. The quantitative estimate of drug-likeness (QED) is 0.718. The third-order valence-electron chi connectivity index (χ3n) is 3.91. The second-order valence-electron chi connectivity index (χ2n) is 6.75. The van der Waals surface area contributed by atoms with Crippen LogP contribution in [-0.4, -0.2) is 18.0 Å². The molecule has 1 aliphatic rings. The molecule has 1 saturated carbocycles. The lowest BCUT2D eigenvalue weighted by Gasteiger charge is -2.28. The highest BCUT2D eigenvalue weighted by atomic mass is 16.1. The van der Waals surface area contributed by atoms with Gasteiger partial charge in [-0.25, -0.2) is 0 Å². The van der Waals surface area contributed by atoms with Gasteiger partial charge in [0, 0.05) is 12.0 Å². The number of amides is 1. The minimum absolute atomic E-state index is 0.0188. The van der Waals surface area contributed by atoms with Crippen LogP contribution in [0.3, 0.4) is 0 Å². The van der Waals surface area contributed by atoms with E-state index in [0.717, 1.165) is 12.8 Å². The molecular formula is C14H28N2O. The van der Waals surface area contributed by atoms with Crippen LogP contribution in [0.15, 0.2) is 0 Å². The molecule has 0 heterocycles. The molecular weight excluding hydrogens is 212 g/mol. The van der Waals surface area contributed by atoms with Gasteiger partial charge in [0.25, 0.3) is 0 Å². The Balaban J connectivity index is 2.29. The Morgan fingerprint density at radius 3 is 2.29 bits per heavy atom. The Hall–Kier alpha value is -0.570. The number of carbonyl (C=O) groups is 1. The van der Waals surface area contributed by atoms with Crippen LogP contribution in [0.1, 0.15) is 59.8 Å². The lowest BCUT2D eigenvalue weighted by molar-refractivity contribution is -0.123. The lowest BCUT2D eigenvalue weighted by Crippen LogP contribution is -2.45. The van der Waals surface area contributed by atoms with Crippen LogP contribution >= 0.6 is 0 Å². The molecule has 0 aromatic heterocycles. The van der Waals surface area contributed by atoms with Gasteiger partial charge in [0.05, 0.1) is 0 Å². The maximum Gasteiger partial charge on any atom is 0.220 e. The molecule has 1 amide bonds. The average molecular weight is 240 g/mol. The predicted molar refractivity (Wildman–Crippen MR) is 71.6 cm³/mol. The first-order valence-corrected chi connectivity index (χ1v) is 6.78. The van der Waals surface area contributed by atoms with Crippen molar-refractivity contribution >= 4 is 5.91 Å². The van der Waals surface area contributed by atoms with Crippen molar-refractivity contribution in [3.05, 3.63) is 0 Å². The summed E-state index contributed by atoms with van der Waals surface area (Å²) in [7, 11) is 0. The van der Waals surface area contributed by atoms with E-state index < -0.39 is 0 Å². The summed E-state index contributed by atoms with van der Waals surface area (Å²) < 4.78 is 0. The molecule has 100 valence electrons. The van der Waals surface area contributed by atoms with E-state index >= 15 is 0 Å². The molecule has 3 nitrogen and oxygen atoms in total. The number of nitrogens with two attached hydrogens (primary N) is 1. The van der Waals surface area contributed by atoms with E-state index in [-0.39, 0.29) is 16.9 Å². The zero-order valence-corrected chi connectivity index (χ0v) is 11.8. The molecule has 0 radical (unpaired) electrons. The fraction of sp³-hybridized carbons (Fsp3) is 0.929. The summed E-state index contributed by atoms with van der Waals surface area (Å²) in [5, 5.41) is 3.16. The number of hydrogen-bond acceptors (Lipinski definition) is 2. The van der Waals surface area contributed by atoms with Crippen molar-refractivity contribution in [2.45, 2.75) is 65.3 Å². The van der Waals surface area contributed by atoms with E-state index in [2.05, 4.69) is 33.0 Å². The first kappa shape index (κ1) is 14.5. The Morgan fingerprint density at radius 2 is 1.82 bits per heavy atom. The van der Waals surface area contributed by atoms with Crippen molar-refractivity contribution in [1.29, 1.82) is 0 Å². The summed E-state index contributed by atoms with van der Waals surface area (Å²) in [5.41, 5.74) is 5.73. The maximum absolute atomic E-state index is 11.9. The highest BCUT2D eigenvalue weighted by Gasteiger charge is 2.38. The second kappa shape index (κ2) is 5.38. The van der Waals surface area contributed by atoms with Crippen LogP contribution in [0.2, 0.25) is 0 Å². The van der Waals surface area contributed by atoms with Gasteiger partial charge in [-0.15, -0.1) is 0 Å². The van der Waals surface area contributed by atoms with Crippen molar-refractivity contribution in [1.82, 2.24) is 5.32 Å². The molecule has 0 bridgehead atoms. The van der Waals surface area contributed by atoms with Crippen LogP contribution in [0.4, 0.5) is 0 Å². The van der Waals surface area contributed by atoms with Gasteiger partial charge < -0.3 is 11.1 Å². The molecule has 0 saturated heterocycles. The van der Waals surface area contributed by atoms with Crippen LogP contribution in [-0.2, 0) is 4.79 Å². The Morgan fingerprint density at radius 1 is 1.24 bits per heavy atom. The monoisotopic (exact) mass is 240 g/mol. The highest BCUT2D eigenvalue weighted by Crippen LogP contribution is 2.39. The average Bonchev–Trinajstić information content (AvgIpc) is 2.97. The molecule has 0 spiro atoms. The van der Waals surface area contributed by atoms with Crippen molar-refractivity contribution < 1.29 is 4.79 Å². The molecule has 3 N–H and O–H groups in total. The molecule has 17 heavy (non-hydrogen) atoms. The van der Waals surface area contributed by atoms with Gasteiger partial charge in [-0.05, 0) is 57.4 Å². The van der Waals surface area contributed by atoms with Gasteiger partial charge in [-0.3, -0.25) is 4.79 Å². The van der Waals surface area contributed by atoms with E-state index in [1.54, 1.807) is 0 Å². The standard InChI is InChI=1S/C14H28N2O/c1-13(2,9-10-15)8-7-12(17)16-14(3,4)11-5-6-11/h11H,5-10,15H2,1-4H3,(H,16,17). The normalized spacial score (nSPS) is 17.0. The SMILES string of the molecule is CC(C)(CCN)CCC(=O)NC(C)(C)C1CC1. The van der Waals surface area contributed by atoms with Gasteiger partial charge in [-0.1, -0.05) is 13.8 Å². The van der Waals surface area contributed by atoms with Crippen LogP contribution in [0, 0.1) is 11.3 Å². The first-order valence-electron chi connectivity index (χ1n) is 6.78. The maximum atomic E-state index is 11.9. The van der Waals surface area contributed by atoms with Crippen molar-refractivity contribution in [2.24, 2.45) is 17.1 Å². The first-order chi connectivity index (χ1) is 7.77. The number of rotatable bonds is 7. The molecule has 0 aromatic rings. The summed E-state index contributed by atoms with van der Waals surface area (Å²) in [6, 6.07) is 0. The van der Waals surface area contributed by atoms with Gasteiger partial charge in [0.2, 0.25) is 5.91 Å². The minimum atomic E-state index is -0.0188. The topological polar surface area (TPSA) is 55.1 Å². The smallest absolute Gasteiger partial charge is 0.220 e. The van der Waals surface area contributed by atoms with E-state index in [1.165, 1.54) is 12.8 Å². The number of nitrogens with one attached hydrogen (secondary N) is 1. The number of carbonyl (C=O) groups excluding carboxylic acids is 1. The van der Waals surface area contributed by atoms with Crippen molar-refractivity contribution in [2.75, 3.05) is 6.54 Å². The lowest BCUT2D eigenvalue weighted by atomic mass is 9.84. The number of hydrogen-bond donors (Lipinski definition) is 2. The molecule has 0 aliphatic heterocycles. The summed E-state index contributed by atoms with van der Waals surface area (Å²) in [5.74, 6) is 0.871. The molecule has 1 fully saturated rings. The third kappa shape index (κ3) is 5.07. The van der Waals surface area contributed by atoms with Gasteiger partial charge in [0.1, 0.15) is 0 Å². The molecule has 0 aromatic carbocycles. The van der Waals surface area contributed by atoms with Crippen LogP contribution in [0.5, 0.6) is 0 Å². The molecule has 3 heteroatoms. The van der Waals surface area contributed by atoms with E-state index in [9.17, 15) is 4.79 Å². The Bertz CT molecular complexity index is 267. The predicted octanol–water partition coefficient (Wildman–Crippen LogP) is 2.45. The Labute approximate surface area is 106 Å². The van der Waals surface area contributed by atoms with Crippen molar-refractivity contribution in [3.8, 4) is 0 Å². The molecule has 1 rings (SSSR count). The van der Waals surface area contributed by atoms with E-state index in [0.29, 0.717) is 18.9 Å². The van der Waals surface area contributed by atoms with Gasteiger partial charge in [0.15, 0.2) is 0 Å². The van der Waals surface area contributed by atoms with Crippen molar-refractivity contribution in [3.63, 3.8) is 0 Å². The fourth-order valence-electron chi connectivity index (χ4n) is 2.30. The summed E-state index contributed by atoms with van der Waals surface area (Å²) in [4.78, 5) is 11.9. The minimum Gasteiger partial charge on any atom is -0.351 e. The zero-order chi connectivity index (χ0) is 13.1. The molecule has 0 atom stereocenters. The summed E-state index contributed by atoms with van der Waals surface area (Å²) in [6.45, 7) is 9.32. The summed E-state index contributed by atoms with van der Waals surface area (Å²) >= 11 is 0. The largest absolute Gasteiger partial charge is 0.351 e. The van der Waals surface area contributed by atoms with Gasteiger partial charge >= 0.3 is 0 Å². The van der Waals surface area contributed by atoms with Crippen LogP contribution in [0.25, 0.3) is 0 Å². The zero-order valence-electron chi connectivity index (χ0n) is 11.8. The molecule has 0 unspecified atom stereocenters. The Kier molecular flexibility index (Phi) is 4.59. The highest BCUT2D eigenvalue weighted by molar-refractivity contribution is 5.76. The van der Waals surface area contributed by atoms with Crippen LogP contribution < -0.4 is 11.1 Å². The van der Waals surface area contributed by atoms with E-state index in [1.807, 2.05) is 0 Å². The molecule has 1 aliphatic carbocycles.